The van der Waals surface area contributed by atoms with E-state index in [1.807, 2.05) is 0 Å². The van der Waals surface area contributed by atoms with E-state index >= 15 is 0 Å². The molecule has 1 aliphatic rings. The van der Waals surface area contributed by atoms with Crippen LogP contribution in [0.2, 0.25) is 0 Å². The molecule has 6 nitrogen and oxygen atoms in total. The molecule has 0 spiro atoms. The van der Waals surface area contributed by atoms with Gasteiger partial charge in [-0.25, -0.2) is 4.79 Å². The number of methoxy groups -OCH3 is 1. The third-order valence-corrected chi connectivity index (χ3v) is 5.06. The minimum atomic E-state index is -1.17. The Morgan fingerprint density at radius 3 is 2.61 bits per heavy atom. The van der Waals surface area contributed by atoms with Crippen molar-refractivity contribution in [3.63, 3.8) is 0 Å². The maximum absolute atomic E-state index is 12.1. The van der Waals surface area contributed by atoms with Gasteiger partial charge < -0.3 is 20.0 Å². The van der Waals surface area contributed by atoms with E-state index in [0.29, 0.717) is 10.6 Å². The monoisotopic (exact) mass is 338 g/mol. The summed E-state index contributed by atoms with van der Waals surface area (Å²) in [6.07, 6.45) is 5.09. The molecule has 0 aliphatic heterocycles. The first-order valence-electron chi connectivity index (χ1n) is 7.75. The maximum atomic E-state index is 12.1. The third kappa shape index (κ3) is 4.54. The Morgan fingerprint density at radius 2 is 1.91 bits per heavy atom. The molecule has 0 aromatic carbocycles. The number of hydrogen-bond acceptors (Lipinski definition) is 6. The van der Waals surface area contributed by atoms with Crippen LogP contribution in [0.15, 0.2) is 0 Å². The number of carbonyl (C=O) groups is 3. The number of anilines is 1. The van der Waals surface area contributed by atoms with Crippen molar-refractivity contribution in [3.05, 3.63) is 16.0 Å². The molecule has 1 heterocycles. The summed E-state index contributed by atoms with van der Waals surface area (Å²) >= 11 is 1.43. The third-order valence-electron chi connectivity index (χ3n) is 3.85. The smallest absolute Gasteiger partial charge is 0.341 e. The number of carboxylic acids is 1. The van der Waals surface area contributed by atoms with Crippen molar-refractivity contribution in [2.45, 2.75) is 51.4 Å². The lowest BCUT2D eigenvalue weighted by Gasteiger charge is -2.07. The molecule has 1 aliphatic carbocycles. The van der Waals surface area contributed by atoms with Crippen LogP contribution in [0.4, 0.5) is 5.00 Å². The van der Waals surface area contributed by atoms with Crippen LogP contribution < -0.4 is 10.4 Å². The number of carboxylic acid groups (broad SMARTS) is 1. The van der Waals surface area contributed by atoms with E-state index in [4.69, 9.17) is 4.74 Å². The second-order valence-corrected chi connectivity index (χ2v) is 6.64. The minimum absolute atomic E-state index is 0.0805. The topological polar surface area (TPSA) is 95.5 Å². The molecule has 0 unspecified atom stereocenters. The van der Waals surface area contributed by atoms with Crippen LogP contribution >= 0.6 is 11.3 Å². The van der Waals surface area contributed by atoms with Crippen LogP contribution in [-0.2, 0) is 27.2 Å². The molecule has 1 N–H and O–H groups in total. The molecule has 0 radical (unpaired) electrons. The van der Waals surface area contributed by atoms with Crippen LogP contribution in [0.1, 0.15) is 59.3 Å². The molecule has 0 fully saturated rings. The van der Waals surface area contributed by atoms with Gasteiger partial charge in [-0.15, -0.1) is 11.3 Å². The van der Waals surface area contributed by atoms with Crippen molar-refractivity contribution in [1.29, 1.82) is 0 Å². The fraction of sp³-hybridized carbons (Fsp3) is 0.562. The standard InChI is InChI=1S/C16H21NO5S/c1-22-16(21)14-10-6-3-2-4-7-11(10)23-15(14)17-12(18)8-5-9-13(19)20/h2-9H2,1H3,(H,17,18)(H,19,20)/p-1. The molecule has 1 amide bonds. The van der Waals surface area contributed by atoms with Crippen molar-refractivity contribution in [2.75, 3.05) is 12.4 Å². The van der Waals surface area contributed by atoms with E-state index in [1.165, 1.54) is 18.4 Å². The van der Waals surface area contributed by atoms with E-state index in [9.17, 15) is 19.5 Å². The predicted molar refractivity (Wildman–Crippen MR) is 84.4 cm³/mol. The molecular weight excluding hydrogens is 318 g/mol. The number of thiophene rings is 1. The molecule has 1 aromatic rings. The number of ether oxygens (including phenoxy) is 1. The lowest BCUT2D eigenvalue weighted by molar-refractivity contribution is -0.305. The SMILES string of the molecule is COC(=O)c1c(NC(=O)CCCC(=O)[O-])sc2c1CCCCC2. The van der Waals surface area contributed by atoms with Gasteiger partial charge in [0.15, 0.2) is 0 Å². The first-order valence-corrected chi connectivity index (χ1v) is 8.57. The van der Waals surface area contributed by atoms with Crippen molar-refractivity contribution < 1.29 is 24.2 Å². The Balaban J connectivity index is 2.15. The molecule has 1 aromatic heterocycles. The molecule has 2 rings (SSSR count). The van der Waals surface area contributed by atoms with E-state index < -0.39 is 11.9 Å². The summed E-state index contributed by atoms with van der Waals surface area (Å²) in [6.45, 7) is 0. The highest BCUT2D eigenvalue weighted by molar-refractivity contribution is 7.17. The van der Waals surface area contributed by atoms with Gasteiger partial charge in [0.2, 0.25) is 5.91 Å². The summed E-state index contributed by atoms with van der Waals surface area (Å²) in [5.74, 6) is -1.90. The van der Waals surface area contributed by atoms with E-state index in [1.54, 1.807) is 0 Å². The Labute approximate surface area is 138 Å². The second kappa shape index (κ2) is 8.10. The highest BCUT2D eigenvalue weighted by atomic mass is 32.1. The summed E-state index contributed by atoms with van der Waals surface area (Å²) in [6, 6.07) is 0. The van der Waals surface area contributed by atoms with Crippen LogP contribution in [0.5, 0.6) is 0 Å². The summed E-state index contributed by atoms with van der Waals surface area (Å²) in [7, 11) is 1.33. The number of fused-ring (bicyclic) bond motifs is 1. The quantitative estimate of drug-likeness (QED) is 0.629. The van der Waals surface area contributed by atoms with Crippen molar-refractivity contribution in [3.8, 4) is 0 Å². The predicted octanol–water partition coefficient (Wildman–Crippen LogP) is 1.66. The first kappa shape index (κ1) is 17.5. The Hall–Kier alpha value is -1.89. The lowest BCUT2D eigenvalue weighted by atomic mass is 10.1. The molecule has 0 bridgehead atoms. The van der Waals surface area contributed by atoms with E-state index in [2.05, 4.69) is 5.32 Å². The van der Waals surface area contributed by atoms with E-state index in [-0.39, 0.29) is 25.2 Å². The van der Waals surface area contributed by atoms with E-state index in [0.717, 1.165) is 42.5 Å². The Kier molecular flexibility index (Phi) is 6.15. The second-order valence-electron chi connectivity index (χ2n) is 5.53. The van der Waals surface area contributed by atoms with Crippen molar-refractivity contribution in [2.24, 2.45) is 0 Å². The average Bonchev–Trinajstić information content (AvgIpc) is 2.67. The number of aryl methyl sites for hydroxylation is 1. The molecular formula is C16H20NO5S-. The summed E-state index contributed by atoms with van der Waals surface area (Å²) in [4.78, 5) is 35.6. The van der Waals surface area contributed by atoms with Gasteiger partial charge in [-0.1, -0.05) is 6.42 Å². The average molecular weight is 338 g/mol. The highest BCUT2D eigenvalue weighted by Crippen LogP contribution is 2.38. The normalized spacial score (nSPS) is 13.8. The van der Waals surface area contributed by atoms with Gasteiger partial charge in [0, 0.05) is 17.3 Å². The number of hydrogen-bond donors (Lipinski definition) is 1. The number of esters is 1. The molecule has 7 heteroatoms. The first-order chi connectivity index (χ1) is 11.0. The zero-order valence-electron chi connectivity index (χ0n) is 13.1. The largest absolute Gasteiger partial charge is 0.550 e. The molecule has 23 heavy (non-hydrogen) atoms. The Morgan fingerprint density at radius 1 is 1.17 bits per heavy atom. The number of carbonyl (C=O) groups excluding carboxylic acids is 3. The van der Waals surface area contributed by atoms with Crippen molar-refractivity contribution in [1.82, 2.24) is 0 Å². The lowest BCUT2D eigenvalue weighted by Crippen LogP contribution is -2.22. The molecule has 0 saturated heterocycles. The molecule has 0 atom stereocenters. The van der Waals surface area contributed by atoms with Crippen LogP contribution in [0, 0.1) is 0 Å². The summed E-state index contributed by atoms with van der Waals surface area (Å²) < 4.78 is 4.87. The Bertz CT molecular complexity index is 608. The van der Waals surface area contributed by atoms with Gasteiger partial charge >= 0.3 is 5.97 Å². The van der Waals surface area contributed by atoms with Gasteiger partial charge in [0.25, 0.3) is 0 Å². The molecule has 126 valence electrons. The number of nitrogens with one attached hydrogen (secondary N) is 1. The maximum Gasteiger partial charge on any atom is 0.341 e. The molecule has 0 saturated carbocycles. The van der Waals surface area contributed by atoms with Gasteiger partial charge in [0.1, 0.15) is 5.00 Å². The number of amides is 1. The fourth-order valence-electron chi connectivity index (χ4n) is 2.73. The minimum Gasteiger partial charge on any atom is -0.550 e. The number of aliphatic carboxylic acids is 1. The summed E-state index contributed by atoms with van der Waals surface area (Å²) in [5, 5.41) is 13.6. The van der Waals surface area contributed by atoms with Gasteiger partial charge in [-0.3, -0.25) is 4.79 Å². The zero-order chi connectivity index (χ0) is 16.8. The summed E-state index contributed by atoms with van der Waals surface area (Å²) in [5.41, 5.74) is 1.45. The van der Waals surface area contributed by atoms with Crippen LogP contribution in [-0.4, -0.2) is 25.0 Å². The fourth-order valence-corrected chi connectivity index (χ4v) is 4.02. The van der Waals surface area contributed by atoms with Gasteiger partial charge in [0.05, 0.1) is 12.7 Å². The van der Waals surface area contributed by atoms with Gasteiger partial charge in [-0.05, 0) is 44.1 Å². The highest BCUT2D eigenvalue weighted by Gasteiger charge is 2.26. The van der Waals surface area contributed by atoms with Gasteiger partial charge in [-0.2, -0.15) is 0 Å². The number of rotatable bonds is 6. The van der Waals surface area contributed by atoms with Crippen molar-refractivity contribution >= 4 is 34.2 Å². The van der Waals surface area contributed by atoms with Crippen LogP contribution in [0.3, 0.4) is 0 Å². The zero-order valence-corrected chi connectivity index (χ0v) is 13.9. The van der Waals surface area contributed by atoms with Crippen LogP contribution in [0.25, 0.3) is 0 Å².